The molecule has 0 aliphatic carbocycles. The number of hydrogen-bond donors (Lipinski definition) is 0. The van der Waals surface area contributed by atoms with Gasteiger partial charge in [-0.05, 0) is 31.9 Å². The second-order valence-electron chi connectivity index (χ2n) is 6.17. The van der Waals surface area contributed by atoms with Gasteiger partial charge in [-0.3, -0.25) is 14.3 Å². The van der Waals surface area contributed by atoms with Gasteiger partial charge in [0.25, 0.3) is 5.56 Å². The van der Waals surface area contributed by atoms with E-state index in [2.05, 4.69) is 14.9 Å². The zero-order chi connectivity index (χ0) is 16.7. The number of benzene rings is 1. The molecule has 1 fully saturated rings. The molecule has 0 bridgehead atoms. The minimum atomic E-state index is -0.00156. The Morgan fingerprint density at radius 3 is 2.79 bits per heavy atom. The van der Waals surface area contributed by atoms with E-state index in [1.807, 2.05) is 31.2 Å². The van der Waals surface area contributed by atoms with Crippen molar-refractivity contribution in [1.82, 2.24) is 19.5 Å². The molecular weight excluding hydrogens is 302 g/mol. The van der Waals surface area contributed by atoms with E-state index >= 15 is 0 Å². The van der Waals surface area contributed by atoms with E-state index in [1.54, 1.807) is 24.0 Å². The highest BCUT2D eigenvalue weighted by molar-refractivity contribution is 5.77. The number of fused-ring (bicyclic) bond motifs is 1. The monoisotopic (exact) mass is 321 g/mol. The predicted octanol–water partition coefficient (Wildman–Crippen LogP) is 2.37. The third-order valence-electron chi connectivity index (χ3n) is 4.70. The number of hydrogen-bond acceptors (Lipinski definition) is 5. The molecule has 6 nitrogen and oxygen atoms in total. The van der Waals surface area contributed by atoms with Gasteiger partial charge < -0.3 is 4.90 Å². The topological polar surface area (TPSA) is 63.9 Å². The number of rotatable bonds is 2. The summed E-state index contributed by atoms with van der Waals surface area (Å²) >= 11 is 0. The van der Waals surface area contributed by atoms with Crippen LogP contribution in [0.1, 0.15) is 30.4 Å². The summed E-state index contributed by atoms with van der Waals surface area (Å²) in [5, 5.41) is 0.656. The SMILES string of the molecule is Cc1nccnc1N1CCCC1c1nc2ccccc2c(=O)n1C. The zero-order valence-electron chi connectivity index (χ0n) is 13.8. The van der Waals surface area contributed by atoms with E-state index in [9.17, 15) is 4.79 Å². The molecule has 0 spiro atoms. The third-order valence-corrected chi connectivity index (χ3v) is 4.70. The fourth-order valence-electron chi connectivity index (χ4n) is 3.50. The minimum absolute atomic E-state index is 0.00156. The number of aryl methyl sites for hydroxylation is 1. The number of para-hydroxylation sites is 1. The number of aromatic nitrogens is 4. The summed E-state index contributed by atoms with van der Waals surface area (Å²) in [6.45, 7) is 2.86. The predicted molar refractivity (Wildman–Crippen MR) is 93.1 cm³/mol. The standard InChI is InChI=1S/C18H19N5O/c1-12-16(20-10-9-19-12)23-11-5-8-15(23)17-21-14-7-4-3-6-13(14)18(24)22(17)2/h3-4,6-7,9-10,15H,5,8,11H2,1-2H3. The fraction of sp³-hybridized carbons (Fsp3) is 0.333. The van der Waals surface area contributed by atoms with Crippen LogP contribution in [-0.4, -0.2) is 26.1 Å². The van der Waals surface area contributed by atoms with E-state index in [1.165, 1.54) is 0 Å². The summed E-state index contributed by atoms with van der Waals surface area (Å²) in [7, 11) is 1.80. The van der Waals surface area contributed by atoms with Gasteiger partial charge in [0.15, 0.2) is 5.82 Å². The van der Waals surface area contributed by atoms with Crippen molar-refractivity contribution in [3.05, 3.63) is 58.5 Å². The van der Waals surface area contributed by atoms with Crippen LogP contribution in [0.25, 0.3) is 10.9 Å². The molecule has 1 unspecified atom stereocenters. The van der Waals surface area contributed by atoms with E-state index in [0.29, 0.717) is 5.39 Å². The Labute approximate surface area is 139 Å². The first kappa shape index (κ1) is 14.8. The van der Waals surface area contributed by atoms with Crippen LogP contribution in [0.5, 0.6) is 0 Å². The summed E-state index contributed by atoms with van der Waals surface area (Å²) in [5.74, 6) is 1.67. The highest BCUT2D eigenvalue weighted by Crippen LogP contribution is 2.35. The molecule has 2 aromatic heterocycles. The van der Waals surface area contributed by atoms with Crippen molar-refractivity contribution < 1.29 is 0 Å². The molecule has 6 heteroatoms. The fourth-order valence-corrected chi connectivity index (χ4v) is 3.50. The molecule has 1 aliphatic rings. The number of nitrogens with zero attached hydrogens (tertiary/aromatic N) is 5. The van der Waals surface area contributed by atoms with Gasteiger partial charge in [-0.15, -0.1) is 0 Å². The molecule has 24 heavy (non-hydrogen) atoms. The summed E-state index contributed by atoms with van der Waals surface area (Å²) in [6, 6.07) is 7.55. The van der Waals surface area contributed by atoms with E-state index in [0.717, 1.165) is 42.2 Å². The summed E-state index contributed by atoms with van der Waals surface area (Å²) in [4.78, 5) is 28.6. The lowest BCUT2D eigenvalue weighted by Gasteiger charge is -2.27. The van der Waals surface area contributed by atoms with Crippen molar-refractivity contribution >= 4 is 16.7 Å². The minimum Gasteiger partial charge on any atom is -0.345 e. The zero-order valence-corrected chi connectivity index (χ0v) is 13.8. The Kier molecular flexibility index (Phi) is 3.52. The molecule has 0 N–H and O–H groups in total. The van der Waals surface area contributed by atoms with Gasteiger partial charge in [0, 0.05) is 26.0 Å². The van der Waals surface area contributed by atoms with Crippen molar-refractivity contribution in [3.63, 3.8) is 0 Å². The summed E-state index contributed by atoms with van der Waals surface area (Å²) in [5.41, 5.74) is 1.65. The Hall–Kier alpha value is -2.76. The maximum atomic E-state index is 12.7. The van der Waals surface area contributed by atoms with E-state index < -0.39 is 0 Å². The maximum absolute atomic E-state index is 12.7. The molecule has 0 saturated carbocycles. The van der Waals surface area contributed by atoms with E-state index in [-0.39, 0.29) is 11.6 Å². The average Bonchev–Trinajstić information content (AvgIpc) is 3.08. The van der Waals surface area contributed by atoms with Gasteiger partial charge in [-0.2, -0.15) is 0 Å². The molecule has 1 aromatic carbocycles. The molecule has 122 valence electrons. The van der Waals surface area contributed by atoms with Crippen LogP contribution in [-0.2, 0) is 7.05 Å². The normalized spacial score (nSPS) is 17.6. The van der Waals surface area contributed by atoms with Crippen LogP contribution in [0, 0.1) is 6.92 Å². The first-order valence-electron chi connectivity index (χ1n) is 8.17. The van der Waals surface area contributed by atoms with Crippen LogP contribution >= 0.6 is 0 Å². The molecule has 0 amide bonds. The smallest absolute Gasteiger partial charge is 0.261 e. The van der Waals surface area contributed by atoms with Gasteiger partial charge >= 0.3 is 0 Å². The summed E-state index contributed by atoms with van der Waals surface area (Å²) < 4.78 is 1.68. The van der Waals surface area contributed by atoms with Crippen LogP contribution in [0.3, 0.4) is 0 Å². The van der Waals surface area contributed by atoms with Crippen LogP contribution in [0.15, 0.2) is 41.5 Å². The van der Waals surface area contributed by atoms with Gasteiger partial charge in [0.2, 0.25) is 0 Å². The van der Waals surface area contributed by atoms with Gasteiger partial charge in [0.1, 0.15) is 5.82 Å². The molecule has 1 atom stereocenters. The molecule has 1 saturated heterocycles. The molecular formula is C18H19N5O. The van der Waals surface area contributed by atoms with E-state index in [4.69, 9.17) is 4.98 Å². The highest BCUT2D eigenvalue weighted by Gasteiger charge is 2.31. The molecule has 3 aromatic rings. The largest absolute Gasteiger partial charge is 0.345 e. The van der Waals surface area contributed by atoms with Crippen LogP contribution < -0.4 is 10.5 Å². The second kappa shape index (κ2) is 5.70. The lowest BCUT2D eigenvalue weighted by molar-refractivity contribution is 0.605. The number of anilines is 1. The van der Waals surface area contributed by atoms with Gasteiger partial charge in [-0.1, -0.05) is 12.1 Å². The quantitative estimate of drug-likeness (QED) is 0.725. The third kappa shape index (κ3) is 2.26. The highest BCUT2D eigenvalue weighted by atomic mass is 16.1. The van der Waals surface area contributed by atoms with Crippen molar-refractivity contribution in [3.8, 4) is 0 Å². The summed E-state index contributed by atoms with van der Waals surface area (Å²) in [6.07, 6.45) is 5.41. The first-order chi connectivity index (χ1) is 11.7. The average molecular weight is 321 g/mol. The Morgan fingerprint density at radius 1 is 1.17 bits per heavy atom. The Bertz CT molecular complexity index is 965. The lowest BCUT2D eigenvalue weighted by atomic mass is 10.1. The second-order valence-corrected chi connectivity index (χ2v) is 6.17. The van der Waals surface area contributed by atoms with Crippen molar-refractivity contribution in [2.24, 2.45) is 7.05 Å². The lowest BCUT2D eigenvalue weighted by Crippen LogP contribution is -2.31. The maximum Gasteiger partial charge on any atom is 0.261 e. The molecule has 3 heterocycles. The molecule has 4 rings (SSSR count). The van der Waals surface area contributed by atoms with Crippen molar-refractivity contribution in [1.29, 1.82) is 0 Å². The van der Waals surface area contributed by atoms with Gasteiger partial charge in [0.05, 0.1) is 22.6 Å². The van der Waals surface area contributed by atoms with Crippen LogP contribution in [0.2, 0.25) is 0 Å². The Morgan fingerprint density at radius 2 is 1.96 bits per heavy atom. The molecule has 1 aliphatic heterocycles. The molecule has 0 radical (unpaired) electrons. The Balaban J connectivity index is 1.86. The van der Waals surface area contributed by atoms with Gasteiger partial charge in [-0.25, -0.2) is 9.97 Å². The van der Waals surface area contributed by atoms with Crippen molar-refractivity contribution in [2.45, 2.75) is 25.8 Å². The van der Waals surface area contributed by atoms with Crippen LogP contribution in [0.4, 0.5) is 5.82 Å². The van der Waals surface area contributed by atoms with Crippen molar-refractivity contribution in [2.75, 3.05) is 11.4 Å². The first-order valence-corrected chi connectivity index (χ1v) is 8.17.